The van der Waals surface area contributed by atoms with E-state index in [-0.39, 0.29) is 32.1 Å². The van der Waals surface area contributed by atoms with Crippen LogP contribution in [0.5, 0.6) is 0 Å². The summed E-state index contributed by atoms with van der Waals surface area (Å²) in [5.74, 6) is -1.81. The number of anilines is 1. The second-order valence-electron chi connectivity index (χ2n) is 3.77. The van der Waals surface area contributed by atoms with Gasteiger partial charge in [-0.2, -0.15) is 0 Å². The zero-order chi connectivity index (χ0) is 14.9. The third-order valence-electron chi connectivity index (χ3n) is 2.45. The van der Waals surface area contributed by atoms with Crippen LogP contribution in [0, 0.1) is 0 Å². The standard InChI is InChI=1S/C12H7Cl3N2O3/c13-6-3-1-2-5(12(19)20)9(6)17-11(18)8-4-7(14)10(15)16-8/h1-4,16H,(H,17,18)(H,19,20). The Hall–Kier alpha value is -1.69. The molecule has 0 aliphatic carbocycles. The maximum absolute atomic E-state index is 12.0. The van der Waals surface area contributed by atoms with Crippen molar-refractivity contribution in [1.29, 1.82) is 0 Å². The van der Waals surface area contributed by atoms with Crippen molar-refractivity contribution in [2.75, 3.05) is 5.32 Å². The van der Waals surface area contributed by atoms with E-state index in [1.54, 1.807) is 0 Å². The van der Waals surface area contributed by atoms with Crippen molar-refractivity contribution in [3.8, 4) is 0 Å². The second kappa shape index (κ2) is 5.75. The zero-order valence-corrected chi connectivity index (χ0v) is 12.0. The summed E-state index contributed by atoms with van der Waals surface area (Å²) in [6.07, 6.45) is 0. The molecule has 20 heavy (non-hydrogen) atoms. The number of hydrogen-bond acceptors (Lipinski definition) is 2. The minimum absolute atomic E-state index is 0.00788. The lowest BCUT2D eigenvalue weighted by atomic mass is 10.1. The summed E-state index contributed by atoms with van der Waals surface area (Å²) in [5.41, 5.74) is -0.0145. The number of rotatable bonds is 3. The summed E-state index contributed by atoms with van der Waals surface area (Å²) < 4.78 is 0. The second-order valence-corrected chi connectivity index (χ2v) is 4.96. The summed E-state index contributed by atoms with van der Waals surface area (Å²) in [7, 11) is 0. The van der Waals surface area contributed by atoms with Gasteiger partial charge in [-0.15, -0.1) is 0 Å². The van der Waals surface area contributed by atoms with Crippen LogP contribution in [0.2, 0.25) is 15.2 Å². The van der Waals surface area contributed by atoms with E-state index in [1.165, 1.54) is 24.3 Å². The highest BCUT2D eigenvalue weighted by Gasteiger charge is 2.18. The Balaban J connectivity index is 2.35. The Labute approximate surface area is 128 Å². The highest BCUT2D eigenvalue weighted by Crippen LogP contribution is 2.27. The third kappa shape index (κ3) is 2.90. The highest BCUT2D eigenvalue weighted by molar-refractivity contribution is 6.42. The van der Waals surface area contributed by atoms with Crippen LogP contribution in [0.25, 0.3) is 0 Å². The first-order chi connectivity index (χ1) is 9.40. The lowest BCUT2D eigenvalue weighted by molar-refractivity contribution is 0.0698. The molecule has 5 nitrogen and oxygen atoms in total. The number of aromatic nitrogens is 1. The van der Waals surface area contributed by atoms with Gasteiger partial charge < -0.3 is 15.4 Å². The molecule has 0 aliphatic rings. The van der Waals surface area contributed by atoms with Crippen molar-refractivity contribution < 1.29 is 14.7 Å². The Morgan fingerprint density at radius 2 is 1.85 bits per heavy atom. The number of aromatic amines is 1. The van der Waals surface area contributed by atoms with E-state index in [1.807, 2.05) is 0 Å². The first-order valence-corrected chi connectivity index (χ1v) is 6.40. The molecule has 0 fully saturated rings. The van der Waals surface area contributed by atoms with E-state index in [2.05, 4.69) is 10.3 Å². The molecule has 2 aromatic rings. The number of carboxylic acid groups (broad SMARTS) is 1. The van der Waals surface area contributed by atoms with Gasteiger partial charge in [-0.3, -0.25) is 4.79 Å². The number of benzene rings is 1. The lowest BCUT2D eigenvalue weighted by Crippen LogP contribution is -2.15. The summed E-state index contributed by atoms with van der Waals surface area (Å²) in [4.78, 5) is 25.6. The zero-order valence-electron chi connectivity index (χ0n) is 9.71. The van der Waals surface area contributed by atoms with Gasteiger partial charge >= 0.3 is 5.97 Å². The molecule has 0 saturated carbocycles. The molecular formula is C12H7Cl3N2O3. The van der Waals surface area contributed by atoms with Crippen LogP contribution in [0.15, 0.2) is 24.3 Å². The van der Waals surface area contributed by atoms with Crippen LogP contribution >= 0.6 is 34.8 Å². The van der Waals surface area contributed by atoms with E-state index in [4.69, 9.17) is 39.9 Å². The number of H-pyrrole nitrogens is 1. The van der Waals surface area contributed by atoms with Crippen LogP contribution in [-0.4, -0.2) is 22.0 Å². The lowest BCUT2D eigenvalue weighted by Gasteiger charge is -2.09. The van der Waals surface area contributed by atoms with Crippen LogP contribution < -0.4 is 5.32 Å². The van der Waals surface area contributed by atoms with Crippen LogP contribution in [0.4, 0.5) is 5.69 Å². The minimum Gasteiger partial charge on any atom is -0.478 e. The molecule has 0 atom stereocenters. The number of aromatic carboxylic acids is 1. The molecule has 8 heteroatoms. The van der Waals surface area contributed by atoms with Crippen LogP contribution in [0.1, 0.15) is 20.8 Å². The van der Waals surface area contributed by atoms with Gasteiger partial charge in [0, 0.05) is 0 Å². The number of carbonyl (C=O) groups is 2. The largest absolute Gasteiger partial charge is 0.478 e. The summed E-state index contributed by atoms with van der Waals surface area (Å²) in [6.45, 7) is 0. The maximum atomic E-state index is 12.0. The predicted octanol–water partition coefficient (Wildman–Crippen LogP) is 3.93. The van der Waals surface area contributed by atoms with Gasteiger partial charge in [0.15, 0.2) is 0 Å². The van der Waals surface area contributed by atoms with E-state index >= 15 is 0 Å². The molecule has 1 amide bonds. The summed E-state index contributed by atoms with van der Waals surface area (Å²) in [6, 6.07) is 5.61. The fraction of sp³-hybridized carbons (Fsp3) is 0. The van der Waals surface area contributed by atoms with E-state index in [0.29, 0.717) is 0 Å². The van der Waals surface area contributed by atoms with Crippen molar-refractivity contribution in [1.82, 2.24) is 4.98 Å². The van der Waals surface area contributed by atoms with E-state index in [0.717, 1.165) is 0 Å². The number of nitrogens with one attached hydrogen (secondary N) is 2. The van der Waals surface area contributed by atoms with Crippen LogP contribution in [-0.2, 0) is 0 Å². The van der Waals surface area contributed by atoms with Crippen molar-refractivity contribution in [2.24, 2.45) is 0 Å². The smallest absolute Gasteiger partial charge is 0.337 e. The first kappa shape index (κ1) is 14.7. The topological polar surface area (TPSA) is 82.2 Å². The van der Waals surface area contributed by atoms with Crippen molar-refractivity contribution in [2.45, 2.75) is 0 Å². The first-order valence-electron chi connectivity index (χ1n) is 5.27. The molecule has 2 rings (SSSR count). The molecule has 1 aromatic carbocycles. The van der Waals surface area contributed by atoms with Gasteiger partial charge in [0.25, 0.3) is 5.91 Å². The number of hydrogen-bond donors (Lipinski definition) is 3. The van der Waals surface area contributed by atoms with Crippen molar-refractivity contribution >= 4 is 52.4 Å². The number of carboxylic acids is 1. The predicted molar refractivity (Wildman–Crippen MR) is 77.2 cm³/mol. The Morgan fingerprint density at radius 3 is 2.40 bits per heavy atom. The molecule has 0 bridgehead atoms. The van der Waals surface area contributed by atoms with Gasteiger partial charge in [-0.05, 0) is 18.2 Å². The molecule has 0 aliphatic heterocycles. The normalized spacial score (nSPS) is 10.3. The monoisotopic (exact) mass is 332 g/mol. The van der Waals surface area contributed by atoms with Crippen molar-refractivity contribution in [3.63, 3.8) is 0 Å². The molecule has 0 saturated heterocycles. The minimum atomic E-state index is -1.20. The summed E-state index contributed by atoms with van der Waals surface area (Å²) in [5, 5.41) is 11.9. The molecule has 1 aromatic heterocycles. The average Bonchev–Trinajstić information content (AvgIpc) is 2.72. The fourth-order valence-corrected chi connectivity index (χ4v) is 2.07. The quantitative estimate of drug-likeness (QED) is 0.796. The molecular weight excluding hydrogens is 327 g/mol. The SMILES string of the molecule is O=C(Nc1c(Cl)cccc1C(=O)O)c1cc(Cl)c(Cl)[nH]1. The van der Waals surface area contributed by atoms with Gasteiger partial charge in [0.2, 0.25) is 0 Å². The number of carbonyl (C=O) groups excluding carboxylic acids is 1. The van der Waals surface area contributed by atoms with E-state index in [9.17, 15) is 9.59 Å². The van der Waals surface area contributed by atoms with Gasteiger partial charge in [-0.25, -0.2) is 4.79 Å². The van der Waals surface area contributed by atoms with Gasteiger partial charge in [-0.1, -0.05) is 40.9 Å². The van der Waals surface area contributed by atoms with Gasteiger partial charge in [0.05, 0.1) is 21.3 Å². The molecule has 104 valence electrons. The highest BCUT2D eigenvalue weighted by atomic mass is 35.5. The molecule has 0 radical (unpaired) electrons. The van der Waals surface area contributed by atoms with Crippen molar-refractivity contribution in [3.05, 3.63) is 50.7 Å². The Bertz CT molecular complexity index is 678. The fourth-order valence-electron chi connectivity index (χ4n) is 1.54. The number of halogens is 3. The molecule has 0 spiro atoms. The Kier molecular flexibility index (Phi) is 4.23. The van der Waals surface area contributed by atoms with Gasteiger partial charge in [0.1, 0.15) is 10.8 Å². The number of para-hydroxylation sites is 1. The molecule has 0 unspecified atom stereocenters. The summed E-state index contributed by atoms with van der Waals surface area (Å²) >= 11 is 17.3. The average molecular weight is 334 g/mol. The van der Waals surface area contributed by atoms with Crippen LogP contribution in [0.3, 0.4) is 0 Å². The number of amides is 1. The maximum Gasteiger partial charge on any atom is 0.337 e. The molecule has 3 N–H and O–H groups in total. The van der Waals surface area contributed by atoms with E-state index < -0.39 is 11.9 Å². The Morgan fingerprint density at radius 1 is 1.15 bits per heavy atom. The molecule has 1 heterocycles. The third-order valence-corrected chi connectivity index (χ3v) is 3.46.